The minimum absolute atomic E-state index is 0.403. The SMILES string of the molecule is O=C(O)C1(C2=COC(Cc3ccccc3)O2)CC1. The lowest BCUT2D eigenvalue weighted by molar-refractivity contribution is -0.144. The van der Waals surface area contributed by atoms with Crippen molar-refractivity contribution >= 4 is 5.97 Å². The zero-order valence-electron chi connectivity index (χ0n) is 9.83. The number of benzene rings is 1. The van der Waals surface area contributed by atoms with Crippen LogP contribution in [0.5, 0.6) is 0 Å². The molecule has 18 heavy (non-hydrogen) atoms. The Balaban J connectivity index is 1.63. The largest absolute Gasteiger partial charge is 0.480 e. The van der Waals surface area contributed by atoms with E-state index in [4.69, 9.17) is 14.6 Å². The third-order valence-corrected chi connectivity index (χ3v) is 3.46. The van der Waals surface area contributed by atoms with Gasteiger partial charge in [-0.05, 0) is 18.4 Å². The fourth-order valence-corrected chi connectivity index (χ4v) is 2.15. The predicted molar refractivity (Wildman–Crippen MR) is 63.5 cm³/mol. The summed E-state index contributed by atoms with van der Waals surface area (Å²) >= 11 is 0. The van der Waals surface area contributed by atoms with Crippen molar-refractivity contribution in [3.05, 3.63) is 47.9 Å². The zero-order chi connectivity index (χ0) is 12.6. The Morgan fingerprint density at radius 3 is 2.67 bits per heavy atom. The van der Waals surface area contributed by atoms with E-state index in [9.17, 15) is 4.79 Å². The number of hydrogen-bond acceptors (Lipinski definition) is 3. The maximum Gasteiger partial charge on any atom is 0.317 e. The molecule has 0 spiro atoms. The molecule has 1 aliphatic heterocycles. The summed E-state index contributed by atoms with van der Waals surface area (Å²) in [5.74, 6) is -0.353. The van der Waals surface area contributed by atoms with Crippen molar-refractivity contribution in [3.8, 4) is 0 Å². The van der Waals surface area contributed by atoms with Crippen molar-refractivity contribution in [1.82, 2.24) is 0 Å². The smallest absolute Gasteiger partial charge is 0.317 e. The summed E-state index contributed by atoms with van der Waals surface area (Å²) in [4.78, 5) is 11.2. The normalized spacial score (nSPS) is 23.8. The van der Waals surface area contributed by atoms with E-state index in [1.54, 1.807) is 0 Å². The first-order chi connectivity index (χ1) is 8.71. The molecule has 1 atom stereocenters. The van der Waals surface area contributed by atoms with Gasteiger partial charge in [0, 0.05) is 6.42 Å². The Morgan fingerprint density at radius 1 is 1.33 bits per heavy atom. The molecule has 1 heterocycles. The summed E-state index contributed by atoms with van der Waals surface area (Å²) in [7, 11) is 0. The lowest BCUT2D eigenvalue weighted by Crippen LogP contribution is -2.20. The molecule has 1 aromatic carbocycles. The van der Waals surface area contributed by atoms with Gasteiger partial charge in [0.05, 0.1) is 0 Å². The predicted octanol–water partition coefficient (Wildman–Crippen LogP) is 2.31. The van der Waals surface area contributed by atoms with Crippen LogP contribution < -0.4 is 0 Å². The quantitative estimate of drug-likeness (QED) is 0.885. The molecular formula is C14H14O4. The number of rotatable bonds is 4. The maximum atomic E-state index is 11.2. The molecule has 2 aliphatic rings. The van der Waals surface area contributed by atoms with Crippen LogP contribution in [0.2, 0.25) is 0 Å². The summed E-state index contributed by atoms with van der Waals surface area (Å²) in [5, 5.41) is 9.16. The molecular weight excluding hydrogens is 232 g/mol. The van der Waals surface area contributed by atoms with Gasteiger partial charge >= 0.3 is 5.97 Å². The number of carbonyl (C=O) groups is 1. The van der Waals surface area contributed by atoms with Crippen LogP contribution in [0.3, 0.4) is 0 Å². The molecule has 1 N–H and O–H groups in total. The molecule has 0 amide bonds. The molecule has 0 radical (unpaired) electrons. The molecule has 1 saturated carbocycles. The van der Waals surface area contributed by atoms with E-state index < -0.39 is 17.7 Å². The molecule has 1 unspecified atom stereocenters. The van der Waals surface area contributed by atoms with Gasteiger partial charge in [0.2, 0.25) is 6.29 Å². The Hall–Kier alpha value is -1.97. The van der Waals surface area contributed by atoms with Crippen LogP contribution >= 0.6 is 0 Å². The molecule has 3 rings (SSSR count). The van der Waals surface area contributed by atoms with E-state index >= 15 is 0 Å². The first-order valence-electron chi connectivity index (χ1n) is 6.01. The summed E-state index contributed by atoms with van der Waals surface area (Å²) in [6.07, 6.45) is 2.95. The summed E-state index contributed by atoms with van der Waals surface area (Å²) in [6.45, 7) is 0. The van der Waals surface area contributed by atoms with Crippen molar-refractivity contribution in [2.45, 2.75) is 25.6 Å². The van der Waals surface area contributed by atoms with E-state index in [1.165, 1.54) is 6.26 Å². The fraction of sp³-hybridized carbons (Fsp3) is 0.357. The van der Waals surface area contributed by atoms with Gasteiger partial charge in [0.1, 0.15) is 11.7 Å². The van der Waals surface area contributed by atoms with E-state index in [0.717, 1.165) is 5.56 Å². The van der Waals surface area contributed by atoms with Crippen molar-refractivity contribution in [3.63, 3.8) is 0 Å². The second-order valence-corrected chi connectivity index (χ2v) is 4.74. The fourth-order valence-electron chi connectivity index (χ4n) is 2.15. The van der Waals surface area contributed by atoms with Gasteiger partial charge < -0.3 is 14.6 Å². The minimum Gasteiger partial charge on any atom is -0.480 e. The summed E-state index contributed by atoms with van der Waals surface area (Å²) < 4.78 is 11.0. The Bertz CT molecular complexity index is 488. The van der Waals surface area contributed by atoms with E-state index in [2.05, 4.69) is 0 Å². The maximum absolute atomic E-state index is 11.2. The average molecular weight is 246 g/mol. The second kappa shape index (κ2) is 4.05. The van der Waals surface area contributed by atoms with Gasteiger partial charge in [-0.25, -0.2) is 0 Å². The minimum atomic E-state index is -0.822. The Kier molecular flexibility index (Phi) is 2.51. The van der Waals surface area contributed by atoms with Gasteiger partial charge in [0.15, 0.2) is 5.76 Å². The first-order valence-corrected chi connectivity index (χ1v) is 6.01. The number of hydrogen-bond donors (Lipinski definition) is 1. The molecule has 0 bridgehead atoms. The van der Waals surface area contributed by atoms with Gasteiger partial charge in [0.25, 0.3) is 0 Å². The molecule has 1 aliphatic carbocycles. The van der Waals surface area contributed by atoms with Crippen molar-refractivity contribution in [2.24, 2.45) is 5.41 Å². The number of aliphatic carboxylic acids is 1. The topological polar surface area (TPSA) is 55.8 Å². The van der Waals surface area contributed by atoms with Crippen molar-refractivity contribution < 1.29 is 19.4 Å². The van der Waals surface area contributed by atoms with Gasteiger partial charge in [-0.3, -0.25) is 4.79 Å². The lowest BCUT2D eigenvalue weighted by Gasteiger charge is -2.14. The average Bonchev–Trinajstić information content (AvgIpc) is 3.07. The van der Waals surface area contributed by atoms with Gasteiger partial charge in [-0.1, -0.05) is 30.3 Å². The van der Waals surface area contributed by atoms with Crippen molar-refractivity contribution in [2.75, 3.05) is 0 Å². The zero-order valence-corrected chi connectivity index (χ0v) is 9.83. The van der Waals surface area contributed by atoms with E-state index in [0.29, 0.717) is 25.0 Å². The van der Waals surface area contributed by atoms with Crippen LogP contribution in [-0.4, -0.2) is 17.4 Å². The lowest BCUT2D eigenvalue weighted by atomic mass is 10.1. The highest BCUT2D eigenvalue weighted by atomic mass is 16.7. The molecule has 1 fully saturated rings. The molecule has 1 aromatic rings. The first kappa shape index (κ1) is 11.1. The Morgan fingerprint density at radius 2 is 2.06 bits per heavy atom. The monoisotopic (exact) mass is 246 g/mol. The third-order valence-electron chi connectivity index (χ3n) is 3.46. The number of carboxylic acid groups (broad SMARTS) is 1. The highest BCUT2D eigenvalue weighted by Crippen LogP contribution is 2.54. The van der Waals surface area contributed by atoms with Crippen LogP contribution in [0.25, 0.3) is 0 Å². The molecule has 4 heteroatoms. The molecule has 0 saturated heterocycles. The standard InChI is InChI=1S/C14H14O4/c15-13(16)14(6-7-14)11-9-17-12(18-11)8-10-4-2-1-3-5-10/h1-5,9,12H,6-8H2,(H,15,16). The molecule has 0 aromatic heterocycles. The van der Waals surface area contributed by atoms with Gasteiger partial charge in [-0.2, -0.15) is 0 Å². The number of ether oxygens (including phenoxy) is 2. The van der Waals surface area contributed by atoms with E-state index in [-0.39, 0.29) is 0 Å². The van der Waals surface area contributed by atoms with Crippen LogP contribution in [0.1, 0.15) is 18.4 Å². The highest BCUT2D eigenvalue weighted by Gasteiger charge is 2.57. The Labute approximate surface area is 105 Å². The summed E-state index contributed by atoms with van der Waals surface area (Å²) in [6, 6.07) is 9.85. The van der Waals surface area contributed by atoms with Crippen LogP contribution in [0, 0.1) is 5.41 Å². The van der Waals surface area contributed by atoms with Crippen molar-refractivity contribution in [1.29, 1.82) is 0 Å². The third kappa shape index (κ3) is 1.83. The van der Waals surface area contributed by atoms with Gasteiger partial charge in [-0.15, -0.1) is 0 Å². The summed E-state index contributed by atoms with van der Waals surface area (Å²) in [5.41, 5.74) is 0.295. The molecule has 4 nitrogen and oxygen atoms in total. The van der Waals surface area contributed by atoms with E-state index in [1.807, 2.05) is 30.3 Å². The number of carboxylic acids is 1. The van der Waals surface area contributed by atoms with Crippen LogP contribution in [-0.2, 0) is 20.7 Å². The highest BCUT2D eigenvalue weighted by molar-refractivity contribution is 5.81. The van der Waals surface area contributed by atoms with Crippen LogP contribution in [0.4, 0.5) is 0 Å². The van der Waals surface area contributed by atoms with Crippen LogP contribution in [0.15, 0.2) is 42.4 Å². The second-order valence-electron chi connectivity index (χ2n) is 4.74. The molecule has 94 valence electrons.